The van der Waals surface area contributed by atoms with Crippen LogP contribution >= 0.6 is 23.5 Å². The Bertz CT molecular complexity index is 82.2. The fraction of sp³-hybridized carbons (Fsp3) is 0.875. The van der Waals surface area contributed by atoms with E-state index in [1.165, 1.54) is 37.2 Å². The Kier molecular flexibility index (Phi) is 8.86. The van der Waals surface area contributed by atoms with Gasteiger partial charge < -0.3 is 23.5 Å². The Labute approximate surface area is 90.8 Å². The van der Waals surface area contributed by atoms with Crippen molar-refractivity contribution < 1.29 is 18.9 Å². The Morgan fingerprint density at radius 3 is 2.45 bits per heavy atom. The molecule has 0 aromatic rings. The molecule has 3 heteroatoms. The van der Waals surface area contributed by atoms with E-state index >= 15 is 0 Å². The van der Waals surface area contributed by atoms with Gasteiger partial charge in [-0.3, -0.25) is 0 Å². The predicted octanol–water partition coefficient (Wildman–Crippen LogP) is 0.540. The fourth-order valence-electron chi connectivity index (χ4n) is 0.938. The molecule has 0 nitrogen and oxygen atoms in total. The zero-order chi connectivity index (χ0) is 7.23. The monoisotopic (exact) mass is 182 g/mol. The summed E-state index contributed by atoms with van der Waals surface area (Å²) in [5.41, 5.74) is 0. The number of hydrogen-bond donors (Lipinski definition) is 0. The van der Waals surface area contributed by atoms with E-state index < -0.39 is 0 Å². The van der Waals surface area contributed by atoms with Gasteiger partial charge in [-0.15, -0.1) is 0 Å². The predicted molar refractivity (Wildman–Crippen MR) is 52.3 cm³/mol. The summed E-state index contributed by atoms with van der Waals surface area (Å²) in [6.45, 7) is 2.26. The van der Waals surface area contributed by atoms with Crippen molar-refractivity contribution in [3.05, 3.63) is 4.58 Å². The van der Waals surface area contributed by atoms with Crippen LogP contribution in [0.15, 0.2) is 0 Å². The van der Waals surface area contributed by atoms with Crippen LogP contribution in [-0.4, -0.2) is 11.5 Å². The van der Waals surface area contributed by atoms with Crippen LogP contribution in [0.1, 0.15) is 32.6 Å². The second-order valence-corrected chi connectivity index (χ2v) is 5.16. The minimum absolute atomic E-state index is 0. The average molecular weight is 182 g/mol. The first-order valence-electron chi connectivity index (χ1n) is 4.05. The minimum Gasteiger partial charge on any atom is -0.337 e. The topological polar surface area (TPSA) is 0 Å². The maximum atomic E-state index is 2.26. The summed E-state index contributed by atoms with van der Waals surface area (Å²) in [7, 11) is 0. The van der Waals surface area contributed by atoms with Crippen molar-refractivity contribution in [1.82, 2.24) is 0 Å². The minimum atomic E-state index is 0. The standard InChI is InChI=1S/C8H15S2.Li/c1-2-3-5-8-9-6-4-7-10-8;/h2-7H2,1H3;/q-1;+1. The summed E-state index contributed by atoms with van der Waals surface area (Å²) >= 11 is 4.17. The molecule has 0 bridgehead atoms. The molecule has 1 saturated heterocycles. The van der Waals surface area contributed by atoms with Gasteiger partial charge >= 0.3 is 18.9 Å². The number of thioether (sulfide) groups is 2. The summed E-state index contributed by atoms with van der Waals surface area (Å²) < 4.78 is 1.69. The molecular weight excluding hydrogens is 167 g/mol. The van der Waals surface area contributed by atoms with Gasteiger partial charge in [0.2, 0.25) is 0 Å². The van der Waals surface area contributed by atoms with Crippen molar-refractivity contribution in [3.8, 4) is 0 Å². The van der Waals surface area contributed by atoms with Crippen molar-refractivity contribution in [2.24, 2.45) is 0 Å². The summed E-state index contributed by atoms with van der Waals surface area (Å²) in [5, 5.41) is 0. The molecule has 0 aliphatic carbocycles. The van der Waals surface area contributed by atoms with Crippen LogP contribution in [0.3, 0.4) is 0 Å². The zero-order valence-corrected chi connectivity index (χ0v) is 9.19. The molecule has 1 heterocycles. The van der Waals surface area contributed by atoms with Crippen molar-refractivity contribution in [2.75, 3.05) is 11.5 Å². The van der Waals surface area contributed by atoms with E-state index in [0.717, 1.165) is 0 Å². The van der Waals surface area contributed by atoms with Crippen molar-refractivity contribution >= 4 is 23.5 Å². The van der Waals surface area contributed by atoms with Crippen molar-refractivity contribution in [3.63, 3.8) is 0 Å². The van der Waals surface area contributed by atoms with E-state index in [4.69, 9.17) is 0 Å². The molecule has 0 atom stereocenters. The van der Waals surface area contributed by atoms with Gasteiger partial charge in [0.1, 0.15) is 0 Å². The molecule has 0 amide bonds. The van der Waals surface area contributed by atoms with E-state index in [0.29, 0.717) is 0 Å². The maximum absolute atomic E-state index is 2.26. The Balaban J connectivity index is 0.000001000. The van der Waals surface area contributed by atoms with Gasteiger partial charge in [0.15, 0.2) is 0 Å². The molecule has 1 fully saturated rings. The van der Waals surface area contributed by atoms with Crippen LogP contribution in [0.4, 0.5) is 0 Å². The van der Waals surface area contributed by atoms with Crippen LogP contribution in [0.25, 0.3) is 0 Å². The van der Waals surface area contributed by atoms with Crippen LogP contribution in [0, 0.1) is 4.58 Å². The number of rotatable bonds is 3. The molecule has 0 unspecified atom stereocenters. The molecule has 1 aliphatic rings. The van der Waals surface area contributed by atoms with Crippen LogP contribution < -0.4 is 18.9 Å². The molecule has 1 aliphatic heterocycles. The summed E-state index contributed by atoms with van der Waals surface area (Å²) in [4.78, 5) is 0. The van der Waals surface area contributed by atoms with Crippen molar-refractivity contribution in [1.29, 1.82) is 0 Å². The number of hydrogen-bond acceptors (Lipinski definition) is 2. The second kappa shape index (κ2) is 7.92. The first-order chi connectivity index (χ1) is 4.93. The quantitative estimate of drug-likeness (QED) is 0.461. The first-order valence-corrected chi connectivity index (χ1v) is 6.02. The fourth-order valence-corrected chi connectivity index (χ4v) is 3.56. The van der Waals surface area contributed by atoms with Crippen LogP contribution in [0.5, 0.6) is 0 Å². The van der Waals surface area contributed by atoms with Crippen LogP contribution in [0.2, 0.25) is 0 Å². The largest absolute Gasteiger partial charge is 1.00 e. The van der Waals surface area contributed by atoms with Gasteiger partial charge in [0.25, 0.3) is 0 Å². The molecule has 60 valence electrons. The second-order valence-electron chi connectivity index (χ2n) is 2.53. The smallest absolute Gasteiger partial charge is 0.337 e. The summed E-state index contributed by atoms with van der Waals surface area (Å²) in [6, 6.07) is 0. The Morgan fingerprint density at radius 1 is 1.27 bits per heavy atom. The third kappa shape index (κ3) is 5.52. The van der Waals surface area contributed by atoms with E-state index in [-0.39, 0.29) is 18.9 Å². The van der Waals surface area contributed by atoms with Crippen molar-refractivity contribution in [2.45, 2.75) is 32.6 Å². The Hall–Kier alpha value is 1.30. The average Bonchev–Trinajstić information content (AvgIpc) is 2.03. The molecule has 0 aromatic carbocycles. The molecule has 1 rings (SSSR count). The van der Waals surface area contributed by atoms with E-state index in [2.05, 4.69) is 30.4 Å². The third-order valence-electron chi connectivity index (χ3n) is 1.55. The van der Waals surface area contributed by atoms with Gasteiger partial charge in [-0.25, -0.2) is 4.58 Å². The molecule has 11 heavy (non-hydrogen) atoms. The van der Waals surface area contributed by atoms with E-state index in [9.17, 15) is 0 Å². The zero-order valence-electron chi connectivity index (χ0n) is 7.56. The summed E-state index contributed by atoms with van der Waals surface area (Å²) in [5.74, 6) is 2.73. The first kappa shape index (κ1) is 12.3. The van der Waals surface area contributed by atoms with Gasteiger partial charge in [-0.1, -0.05) is 19.8 Å². The van der Waals surface area contributed by atoms with E-state index in [1.54, 1.807) is 4.58 Å². The maximum Gasteiger partial charge on any atom is 1.00 e. The molecule has 0 spiro atoms. The third-order valence-corrected chi connectivity index (χ3v) is 4.29. The Morgan fingerprint density at radius 2 is 1.91 bits per heavy atom. The normalized spacial score (nSPS) is 19.4. The molecule has 0 saturated carbocycles. The van der Waals surface area contributed by atoms with Gasteiger partial charge in [0, 0.05) is 0 Å². The van der Waals surface area contributed by atoms with Gasteiger partial charge in [-0.05, 0) is 17.9 Å². The molecule has 0 N–H and O–H groups in total. The molecular formula is C8H15LiS2. The van der Waals surface area contributed by atoms with Gasteiger partial charge in [0.05, 0.1) is 0 Å². The summed E-state index contributed by atoms with van der Waals surface area (Å²) in [6.07, 6.45) is 5.48. The molecule has 0 radical (unpaired) electrons. The SMILES string of the molecule is CCCC[C-]1SCCCS1.[Li+]. The molecule has 0 aromatic heterocycles. The number of unbranched alkanes of at least 4 members (excludes halogenated alkanes) is 1. The van der Waals surface area contributed by atoms with E-state index in [1.807, 2.05) is 0 Å². The van der Waals surface area contributed by atoms with Crippen LogP contribution in [-0.2, 0) is 0 Å². The van der Waals surface area contributed by atoms with Gasteiger partial charge in [-0.2, -0.15) is 6.42 Å².